The summed E-state index contributed by atoms with van der Waals surface area (Å²) in [6, 6.07) is 33.0. The molecule has 224 valence electrons. The summed E-state index contributed by atoms with van der Waals surface area (Å²) in [5.74, 6) is -0.767. The van der Waals surface area contributed by atoms with Crippen LogP contribution in [0.5, 0.6) is 0 Å². The largest absolute Gasteiger partial charge is 0.352 e. The molecule has 0 aromatic heterocycles. The molecule has 1 N–H and O–H groups in total. The highest BCUT2D eigenvalue weighted by Crippen LogP contribution is 2.26. The molecule has 0 radical (unpaired) electrons. The number of anilines is 1. The van der Waals surface area contributed by atoms with Crippen LogP contribution in [-0.4, -0.2) is 43.8 Å². The van der Waals surface area contributed by atoms with E-state index in [4.69, 9.17) is 0 Å². The second kappa shape index (κ2) is 15.2. The number of amides is 2. The van der Waals surface area contributed by atoms with E-state index in [1.165, 1.54) is 17.0 Å². The topological polar surface area (TPSA) is 86.8 Å². The zero-order valence-electron chi connectivity index (χ0n) is 24.3. The minimum Gasteiger partial charge on any atom is -0.352 e. The molecule has 0 aliphatic carbocycles. The van der Waals surface area contributed by atoms with Crippen molar-refractivity contribution in [3.05, 3.63) is 130 Å². The Labute approximate surface area is 268 Å². The molecule has 0 aliphatic rings. The number of nitrogens with zero attached hydrogens (tertiary/aromatic N) is 2. The van der Waals surface area contributed by atoms with Crippen molar-refractivity contribution in [2.75, 3.05) is 10.8 Å². The lowest BCUT2D eigenvalue weighted by Gasteiger charge is -2.34. The number of carbonyl (C=O) groups is 2. The highest BCUT2D eigenvalue weighted by Gasteiger charge is 2.34. The van der Waals surface area contributed by atoms with Gasteiger partial charge in [0.2, 0.25) is 11.8 Å². The molecule has 0 bridgehead atoms. The molecule has 9 heteroatoms. The minimum absolute atomic E-state index is 0.0753. The van der Waals surface area contributed by atoms with Gasteiger partial charge in [0.15, 0.2) is 0 Å². The van der Waals surface area contributed by atoms with Crippen molar-refractivity contribution in [2.24, 2.45) is 0 Å². The van der Waals surface area contributed by atoms with E-state index >= 15 is 0 Å². The van der Waals surface area contributed by atoms with Crippen molar-refractivity contribution in [3.8, 4) is 0 Å². The van der Waals surface area contributed by atoms with Crippen LogP contribution in [0.15, 0.2) is 120 Å². The normalized spacial score (nSPS) is 12.6. The van der Waals surface area contributed by atoms with Crippen LogP contribution < -0.4 is 9.62 Å². The van der Waals surface area contributed by atoms with Gasteiger partial charge < -0.3 is 10.2 Å². The van der Waals surface area contributed by atoms with Gasteiger partial charge in [0.25, 0.3) is 10.0 Å². The molecule has 4 rings (SSSR count). The second-order valence-corrected chi connectivity index (χ2v) is 13.4. The van der Waals surface area contributed by atoms with Crippen molar-refractivity contribution in [3.63, 3.8) is 0 Å². The van der Waals surface area contributed by atoms with E-state index in [0.717, 1.165) is 25.4 Å². The molecular formula is C34H36IN3O4S. The van der Waals surface area contributed by atoms with E-state index in [0.29, 0.717) is 5.69 Å². The quantitative estimate of drug-likeness (QED) is 0.172. The van der Waals surface area contributed by atoms with Crippen molar-refractivity contribution >= 4 is 50.1 Å². The Hall–Kier alpha value is -3.70. The second-order valence-electron chi connectivity index (χ2n) is 10.3. The van der Waals surface area contributed by atoms with E-state index < -0.39 is 28.5 Å². The summed E-state index contributed by atoms with van der Waals surface area (Å²) in [6.07, 6.45) is 1.00. The van der Waals surface area contributed by atoms with Crippen LogP contribution >= 0.6 is 22.6 Å². The summed E-state index contributed by atoms with van der Waals surface area (Å²) < 4.78 is 30.0. The molecule has 43 heavy (non-hydrogen) atoms. The summed E-state index contributed by atoms with van der Waals surface area (Å²) in [7, 11) is -4.11. The first-order valence-electron chi connectivity index (χ1n) is 14.2. The number of nitrogens with one attached hydrogen (secondary N) is 1. The molecule has 0 aliphatic heterocycles. The number of benzene rings is 4. The fraction of sp³-hybridized carbons (Fsp3) is 0.235. The molecule has 2 amide bonds. The van der Waals surface area contributed by atoms with Gasteiger partial charge in [-0.15, -0.1) is 0 Å². The van der Waals surface area contributed by atoms with Gasteiger partial charge in [0, 0.05) is 22.6 Å². The van der Waals surface area contributed by atoms with Crippen LogP contribution in [0.2, 0.25) is 0 Å². The van der Waals surface area contributed by atoms with Crippen molar-refractivity contribution in [2.45, 2.75) is 50.2 Å². The summed E-state index contributed by atoms with van der Waals surface area (Å²) in [5.41, 5.74) is 2.09. The third-order valence-electron chi connectivity index (χ3n) is 7.19. The first kappa shape index (κ1) is 32.2. The smallest absolute Gasteiger partial charge is 0.264 e. The average molecular weight is 710 g/mol. The van der Waals surface area contributed by atoms with E-state index in [1.807, 2.05) is 74.5 Å². The molecule has 2 atom stereocenters. The lowest BCUT2D eigenvalue weighted by atomic mass is 10.0. The van der Waals surface area contributed by atoms with Gasteiger partial charge in [-0.25, -0.2) is 8.42 Å². The third kappa shape index (κ3) is 8.67. The molecular weight excluding hydrogens is 673 g/mol. The minimum atomic E-state index is -4.11. The summed E-state index contributed by atoms with van der Waals surface area (Å²) in [4.78, 5) is 29.8. The summed E-state index contributed by atoms with van der Waals surface area (Å²) in [5, 5.41) is 3.05. The standard InChI is InChI=1S/C34H36IN3O4S/c1-3-26(2)36-34(40)32(23-27-13-7-4-8-14-27)37(24-28-15-9-5-10-16-28)33(39)25-38(30-21-19-29(35)20-22-30)43(41,42)31-17-11-6-12-18-31/h4-22,26,32H,3,23-25H2,1-2H3,(H,36,40). The molecule has 0 spiro atoms. The number of carbonyl (C=O) groups excluding carboxylic acids is 2. The van der Waals surface area contributed by atoms with Crippen LogP contribution in [0.1, 0.15) is 31.4 Å². The predicted molar refractivity (Wildman–Crippen MR) is 179 cm³/mol. The van der Waals surface area contributed by atoms with Crippen molar-refractivity contribution in [1.29, 1.82) is 0 Å². The maximum absolute atomic E-state index is 14.4. The van der Waals surface area contributed by atoms with Gasteiger partial charge in [0.1, 0.15) is 12.6 Å². The van der Waals surface area contributed by atoms with E-state index in [-0.39, 0.29) is 29.8 Å². The van der Waals surface area contributed by atoms with Crippen LogP contribution in [-0.2, 0) is 32.6 Å². The van der Waals surface area contributed by atoms with Crippen LogP contribution in [0, 0.1) is 3.57 Å². The number of hydrogen-bond donors (Lipinski definition) is 1. The third-order valence-corrected chi connectivity index (χ3v) is 9.70. The fourth-order valence-corrected chi connectivity index (χ4v) is 6.43. The average Bonchev–Trinajstić information content (AvgIpc) is 3.03. The van der Waals surface area contributed by atoms with Gasteiger partial charge >= 0.3 is 0 Å². The molecule has 4 aromatic rings. The van der Waals surface area contributed by atoms with E-state index in [1.54, 1.807) is 42.5 Å². The Morgan fingerprint density at radius 3 is 1.88 bits per heavy atom. The Morgan fingerprint density at radius 1 is 0.791 bits per heavy atom. The van der Waals surface area contributed by atoms with Crippen LogP contribution in [0.25, 0.3) is 0 Å². The molecule has 0 saturated heterocycles. The van der Waals surface area contributed by atoms with Gasteiger partial charge in [-0.2, -0.15) is 0 Å². The molecule has 0 heterocycles. The zero-order valence-corrected chi connectivity index (χ0v) is 27.2. The number of rotatable bonds is 13. The monoisotopic (exact) mass is 709 g/mol. The fourth-order valence-electron chi connectivity index (χ4n) is 4.63. The Morgan fingerprint density at radius 2 is 1.33 bits per heavy atom. The Kier molecular flexibility index (Phi) is 11.4. The summed E-state index contributed by atoms with van der Waals surface area (Å²) >= 11 is 2.15. The maximum Gasteiger partial charge on any atom is 0.264 e. The van der Waals surface area contributed by atoms with E-state index in [2.05, 4.69) is 27.9 Å². The Bertz CT molecular complexity index is 1590. The highest BCUT2D eigenvalue weighted by molar-refractivity contribution is 14.1. The van der Waals surface area contributed by atoms with Crippen molar-refractivity contribution in [1.82, 2.24) is 10.2 Å². The van der Waals surface area contributed by atoms with Gasteiger partial charge in [-0.1, -0.05) is 85.8 Å². The first-order valence-corrected chi connectivity index (χ1v) is 16.7. The summed E-state index contributed by atoms with van der Waals surface area (Å²) in [6.45, 7) is 3.56. The number of sulfonamides is 1. The number of hydrogen-bond acceptors (Lipinski definition) is 4. The highest BCUT2D eigenvalue weighted by atomic mass is 127. The number of halogens is 1. The first-order chi connectivity index (χ1) is 20.7. The van der Waals surface area contributed by atoms with Crippen molar-refractivity contribution < 1.29 is 18.0 Å². The van der Waals surface area contributed by atoms with Crippen LogP contribution in [0.3, 0.4) is 0 Å². The maximum atomic E-state index is 14.4. The van der Waals surface area contributed by atoms with Gasteiger partial charge in [-0.3, -0.25) is 13.9 Å². The molecule has 7 nitrogen and oxygen atoms in total. The molecule has 0 fully saturated rings. The SMILES string of the molecule is CCC(C)NC(=O)C(Cc1ccccc1)N(Cc1ccccc1)C(=O)CN(c1ccc(I)cc1)S(=O)(=O)c1ccccc1. The lowest BCUT2D eigenvalue weighted by Crippen LogP contribution is -2.54. The van der Waals surface area contributed by atoms with E-state index in [9.17, 15) is 18.0 Å². The van der Waals surface area contributed by atoms with Gasteiger partial charge in [0.05, 0.1) is 10.6 Å². The lowest BCUT2D eigenvalue weighted by molar-refractivity contribution is -0.140. The van der Waals surface area contributed by atoms with Crippen LogP contribution in [0.4, 0.5) is 5.69 Å². The predicted octanol–water partition coefficient (Wildman–Crippen LogP) is 6.04. The molecule has 4 aromatic carbocycles. The Balaban J connectivity index is 1.78. The van der Waals surface area contributed by atoms with Gasteiger partial charge in [-0.05, 0) is 83.5 Å². The molecule has 0 saturated carbocycles. The molecule has 2 unspecified atom stereocenters. The zero-order chi connectivity index (χ0) is 30.8.